The molecule has 2 amide bonds. The van der Waals surface area contributed by atoms with E-state index >= 15 is 0 Å². The molecule has 0 aliphatic heterocycles. The maximum Gasteiger partial charge on any atom is 0.246 e. The monoisotopic (exact) mass is 486 g/mol. The molecule has 0 bridgehead atoms. The highest BCUT2D eigenvalue weighted by atomic mass is 32.2. The van der Waals surface area contributed by atoms with Gasteiger partial charge in [-0.25, -0.2) is 8.42 Å². The molecule has 0 saturated heterocycles. The van der Waals surface area contributed by atoms with Crippen LogP contribution in [0.25, 0.3) is 20.9 Å². The summed E-state index contributed by atoms with van der Waals surface area (Å²) in [6.07, 6.45) is 11.5. The Balaban J connectivity index is 4.57. The van der Waals surface area contributed by atoms with Crippen LogP contribution >= 0.6 is 0 Å². The van der Waals surface area contributed by atoms with Crippen molar-refractivity contribution in [2.24, 2.45) is 10.2 Å². The largest absolute Gasteiger partial charge is 0.343 e. The Bertz CT molecular complexity index is 704. The lowest BCUT2D eigenvalue weighted by Crippen LogP contribution is -2.51. The highest BCUT2D eigenvalue weighted by molar-refractivity contribution is 7.72. The molecule has 0 spiro atoms. The van der Waals surface area contributed by atoms with Gasteiger partial charge in [0, 0.05) is 42.4 Å². The summed E-state index contributed by atoms with van der Waals surface area (Å²) in [5, 5.41) is 9.26. The number of carbonyl (C=O) groups excluding carboxylic acids is 2. The second-order valence-electron chi connectivity index (χ2n) is 7.80. The van der Waals surface area contributed by atoms with Crippen molar-refractivity contribution >= 4 is 22.5 Å². The Morgan fingerprint density at radius 2 is 1.36 bits per heavy atom. The summed E-state index contributed by atoms with van der Waals surface area (Å²) in [6, 6.07) is -1.24. The Morgan fingerprint density at radius 1 is 0.879 bits per heavy atom. The molecule has 0 fully saturated rings. The molecule has 0 rings (SSSR count). The van der Waals surface area contributed by atoms with Crippen LogP contribution in [0.1, 0.15) is 77.6 Å². The van der Waals surface area contributed by atoms with Crippen LogP contribution in [0.4, 0.5) is 0 Å². The van der Waals surface area contributed by atoms with Gasteiger partial charge in [0.05, 0.1) is 5.75 Å². The lowest BCUT2D eigenvalue weighted by atomic mass is 10.1. The minimum absolute atomic E-state index is 0.0182. The minimum atomic E-state index is -2.91. The molecule has 0 radical (unpaired) electrons. The third-order valence-corrected chi connectivity index (χ3v) is 5.76. The lowest BCUT2D eigenvalue weighted by Gasteiger charge is -2.26. The van der Waals surface area contributed by atoms with Gasteiger partial charge in [-0.05, 0) is 17.5 Å². The molecule has 33 heavy (non-hydrogen) atoms. The zero-order chi connectivity index (χ0) is 24.7. The summed E-state index contributed by atoms with van der Waals surface area (Å²) < 4.78 is 22.5. The van der Waals surface area contributed by atoms with Crippen LogP contribution in [0, 0.1) is 0 Å². The number of rotatable bonds is 21. The van der Waals surface area contributed by atoms with Crippen molar-refractivity contribution in [3.05, 3.63) is 20.9 Å². The van der Waals surface area contributed by atoms with Gasteiger partial charge in [0.1, 0.15) is 16.7 Å². The highest BCUT2D eigenvalue weighted by Crippen LogP contribution is 2.11. The quantitative estimate of drug-likeness (QED) is 0.0822. The van der Waals surface area contributed by atoms with E-state index in [4.69, 9.17) is 11.1 Å². The van der Waals surface area contributed by atoms with Crippen LogP contribution in [0.15, 0.2) is 10.2 Å². The number of hydrogen-bond donors (Lipinski definition) is 2. The van der Waals surface area contributed by atoms with Crippen molar-refractivity contribution in [2.45, 2.75) is 83.6 Å². The Hall–Kier alpha value is -2.49. The van der Waals surface area contributed by atoms with Crippen molar-refractivity contribution < 1.29 is 18.0 Å². The van der Waals surface area contributed by atoms with Crippen LogP contribution in [0.2, 0.25) is 0 Å². The van der Waals surface area contributed by atoms with E-state index in [-0.39, 0.29) is 38.5 Å². The van der Waals surface area contributed by atoms with E-state index in [9.17, 15) is 18.0 Å². The number of thiol groups is 1. The van der Waals surface area contributed by atoms with Crippen LogP contribution in [0.3, 0.4) is 0 Å². The number of nitrogens with zero attached hydrogens (tertiary/aromatic N) is 7. The topological polar surface area (TPSA) is 181 Å². The molecule has 188 valence electrons. The van der Waals surface area contributed by atoms with Crippen molar-refractivity contribution in [3.63, 3.8) is 0 Å². The summed E-state index contributed by atoms with van der Waals surface area (Å²) in [7, 11) is -2.91. The fourth-order valence-electron chi connectivity index (χ4n) is 3.35. The molecule has 0 saturated carbocycles. The average molecular weight is 487 g/mol. The number of nitrogens with one attached hydrogen (secondary N) is 1. The number of amides is 2. The zero-order valence-corrected chi connectivity index (χ0v) is 20.5. The van der Waals surface area contributed by atoms with Gasteiger partial charge in [-0.1, -0.05) is 74.9 Å². The van der Waals surface area contributed by atoms with E-state index in [1.54, 1.807) is 0 Å². The SMILES string of the molecule is CCCCCCCCCCCCC(=O)N[C@H](C[SH](=O)=O)C(=O)N(CCN=[N+]=[N-])CCN=[N+]=[N-]. The van der Waals surface area contributed by atoms with Gasteiger partial charge in [-0.2, -0.15) is 0 Å². The molecule has 12 nitrogen and oxygen atoms in total. The summed E-state index contributed by atoms with van der Waals surface area (Å²) in [4.78, 5) is 31.6. The van der Waals surface area contributed by atoms with Crippen molar-refractivity contribution in [3.8, 4) is 0 Å². The van der Waals surface area contributed by atoms with Gasteiger partial charge in [-0.3, -0.25) is 9.59 Å². The Morgan fingerprint density at radius 3 is 1.82 bits per heavy atom. The van der Waals surface area contributed by atoms with Crippen LogP contribution < -0.4 is 5.32 Å². The molecule has 0 unspecified atom stereocenters. The van der Waals surface area contributed by atoms with Gasteiger partial charge in [0.15, 0.2) is 0 Å². The van der Waals surface area contributed by atoms with E-state index in [0.717, 1.165) is 19.3 Å². The maximum absolute atomic E-state index is 12.8. The normalized spacial score (nSPS) is 11.3. The molecule has 0 aliphatic carbocycles. The predicted molar refractivity (Wildman–Crippen MR) is 128 cm³/mol. The number of carbonyl (C=O) groups is 2. The zero-order valence-electron chi connectivity index (χ0n) is 19.6. The molecule has 0 aromatic rings. The summed E-state index contributed by atoms with van der Waals surface area (Å²) in [5.74, 6) is -1.53. The molecule has 0 aromatic carbocycles. The third-order valence-electron chi connectivity index (χ3n) is 5.10. The van der Waals surface area contributed by atoms with Crippen LogP contribution in [0.5, 0.6) is 0 Å². The predicted octanol–water partition coefficient (Wildman–Crippen LogP) is 3.84. The van der Waals surface area contributed by atoms with E-state index in [0.29, 0.717) is 6.42 Å². The fourth-order valence-corrected chi connectivity index (χ4v) is 3.89. The van der Waals surface area contributed by atoms with Gasteiger partial charge in [0.2, 0.25) is 11.8 Å². The summed E-state index contributed by atoms with van der Waals surface area (Å²) in [5.41, 5.74) is 16.8. The molecule has 0 aromatic heterocycles. The fraction of sp³-hybridized carbons (Fsp3) is 0.900. The van der Waals surface area contributed by atoms with Crippen molar-refractivity contribution in [1.29, 1.82) is 0 Å². The number of azide groups is 2. The Labute approximate surface area is 197 Å². The third kappa shape index (κ3) is 17.7. The van der Waals surface area contributed by atoms with Gasteiger partial charge in [0.25, 0.3) is 0 Å². The maximum atomic E-state index is 12.8. The Kier molecular flexibility index (Phi) is 19.7. The highest BCUT2D eigenvalue weighted by Gasteiger charge is 2.26. The first-order valence-corrected chi connectivity index (χ1v) is 13.0. The lowest BCUT2D eigenvalue weighted by molar-refractivity contribution is -0.135. The standard InChI is InChI=1S/C20H38N8O4S/c1-2-3-4-5-6-7-8-9-10-11-12-19(29)25-18(17-33(31)32)20(30)28(15-13-23-26-21)16-14-24-27-22/h18,33H,2-17H2,1H3,(H,25,29)/t18-/m1/s1. The van der Waals surface area contributed by atoms with Crippen LogP contribution in [-0.2, 0) is 20.3 Å². The second kappa shape index (κ2) is 21.4. The number of hydrogen-bond acceptors (Lipinski definition) is 6. The van der Waals surface area contributed by atoms with Gasteiger partial charge >= 0.3 is 0 Å². The summed E-state index contributed by atoms with van der Waals surface area (Å²) >= 11 is 0. The smallest absolute Gasteiger partial charge is 0.246 e. The first-order valence-electron chi connectivity index (χ1n) is 11.7. The molecule has 1 N–H and O–H groups in total. The van der Waals surface area contributed by atoms with E-state index in [2.05, 4.69) is 32.3 Å². The minimum Gasteiger partial charge on any atom is -0.343 e. The molecule has 13 heteroatoms. The van der Waals surface area contributed by atoms with Crippen molar-refractivity contribution in [1.82, 2.24) is 10.2 Å². The molecule has 1 atom stereocenters. The van der Waals surface area contributed by atoms with Gasteiger partial charge in [-0.15, -0.1) is 0 Å². The first kappa shape index (κ1) is 30.5. The van der Waals surface area contributed by atoms with E-state index < -0.39 is 28.4 Å². The molecular formula is C20H38N8O4S. The first-order chi connectivity index (χ1) is 16.0. The van der Waals surface area contributed by atoms with Crippen LogP contribution in [-0.4, -0.2) is 63.1 Å². The number of unbranched alkanes of at least 4 members (excludes halogenated alkanes) is 9. The molecular weight excluding hydrogens is 448 g/mol. The van der Waals surface area contributed by atoms with Crippen molar-refractivity contribution in [2.75, 3.05) is 31.9 Å². The second-order valence-corrected chi connectivity index (χ2v) is 8.83. The molecule has 0 heterocycles. The van der Waals surface area contributed by atoms with E-state index in [1.165, 1.54) is 43.4 Å². The average Bonchev–Trinajstić information content (AvgIpc) is 2.78. The van der Waals surface area contributed by atoms with E-state index in [1.807, 2.05) is 0 Å². The van der Waals surface area contributed by atoms with Gasteiger partial charge < -0.3 is 10.2 Å². The molecule has 0 aliphatic rings. The summed E-state index contributed by atoms with van der Waals surface area (Å²) in [6.45, 7) is 2.18.